The third kappa shape index (κ3) is 2.68. The van der Waals surface area contributed by atoms with E-state index in [4.69, 9.17) is 0 Å². The molecular formula is C12H13N3O5. The van der Waals surface area contributed by atoms with Gasteiger partial charge in [0.2, 0.25) is 11.7 Å². The number of rotatable bonds is 3. The van der Waals surface area contributed by atoms with E-state index in [1.807, 2.05) is 0 Å². The van der Waals surface area contributed by atoms with Crippen molar-refractivity contribution in [1.82, 2.24) is 10.6 Å². The van der Waals surface area contributed by atoms with Crippen molar-refractivity contribution < 1.29 is 19.6 Å². The number of nitro benzene ring substituents is 1. The molecule has 1 aliphatic heterocycles. The summed E-state index contributed by atoms with van der Waals surface area (Å²) in [5, 5.41) is 25.5. The lowest BCUT2D eigenvalue weighted by molar-refractivity contribution is -0.385. The van der Waals surface area contributed by atoms with Gasteiger partial charge in [-0.3, -0.25) is 19.7 Å². The van der Waals surface area contributed by atoms with Crippen molar-refractivity contribution in [2.75, 3.05) is 6.54 Å². The number of nitro groups is 1. The summed E-state index contributed by atoms with van der Waals surface area (Å²) in [5.41, 5.74) is -0.775. The molecule has 1 aromatic carbocycles. The second-order valence-electron chi connectivity index (χ2n) is 4.39. The molecular weight excluding hydrogens is 266 g/mol. The first-order valence-corrected chi connectivity index (χ1v) is 6.05. The summed E-state index contributed by atoms with van der Waals surface area (Å²) in [6.45, 7) is 0.563. The molecule has 0 bridgehead atoms. The number of para-hydroxylation sites is 1. The van der Waals surface area contributed by atoms with Crippen LogP contribution in [0.15, 0.2) is 18.2 Å². The van der Waals surface area contributed by atoms with Crippen LogP contribution >= 0.6 is 0 Å². The van der Waals surface area contributed by atoms with Crippen molar-refractivity contribution >= 4 is 17.5 Å². The summed E-state index contributed by atoms with van der Waals surface area (Å²) >= 11 is 0. The van der Waals surface area contributed by atoms with Crippen LogP contribution in [0.3, 0.4) is 0 Å². The van der Waals surface area contributed by atoms with E-state index in [0.717, 1.165) is 12.5 Å². The zero-order valence-electron chi connectivity index (χ0n) is 10.5. The molecule has 0 aromatic heterocycles. The molecule has 1 unspecified atom stereocenters. The van der Waals surface area contributed by atoms with Gasteiger partial charge in [0.05, 0.1) is 10.5 Å². The van der Waals surface area contributed by atoms with Gasteiger partial charge in [-0.1, -0.05) is 6.07 Å². The summed E-state index contributed by atoms with van der Waals surface area (Å²) in [4.78, 5) is 33.4. The van der Waals surface area contributed by atoms with Crippen LogP contribution in [0.2, 0.25) is 0 Å². The largest absolute Gasteiger partial charge is 0.502 e. The number of carbonyl (C=O) groups excluding carboxylic acids is 2. The summed E-state index contributed by atoms with van der Waals surface area (Å²) in [6.07, 6.45) is 1.23. The van der Waals surface area contributed by atoms with E-state index >= 15 is 0 Å². The van der Waals surface area contributed by atoms with E-state index in [2.05, 4.69) is 10.6 Å². The molecule has 2 amide bonds. The highest BCUT2D eigenvalue weighted by Gasteiger charge is 2.27. The molecule has 0 aliphatic carbocycles. The molecule has 0 spiro atoms. The smallest absolute Gasteiger partial charge is 0.311 e. The van der Waals surface area contributed by atoms with Crippen LogP contribution in [0.5, 0.6) is 5.75 Å². The molecule has 1 atom stereocenters. The zero-order valence-corrected chi connectivity index (χ0v) is 10.5. The van der Waals surface area contributed by atoms with Crippen LogP contribution in [-0.4, -0.2) is 34.4 Å². The molecule has 2 rings (SSSR count). The average molecular weight is 279 g/mol. The van der Waals surface area contributed by atoms with Gasteiger partial charge in [0.1, 0.15) is 6.04 Å². The number of aromatic hydroxyl groups is 1. The van der Waals surface area contributed by atoms with Crippen LogP contribution in [0, 0.1) is 10.1 Å². The Bertz CT molecular complexity index is 572. The first kappa shape index (κ1) is 13.8. The third-order valence-electron chi connectivity index (χ3n) is 3.05. The molecule has 1 aromatic rings. The van der Waals surface area contributed by atoms with Crippen molar-refractivity contribution in [1.29, 1.82) is 0 Å². The SMILES string of the molecule is O=C(NC1CCCNC1=O)c1cccc([N+](=O)[O-])c1O. The fourth-order valence-corrected chi connectivity index (χ4v) is 2.01. The predicted molar refractivity (Wildman–Crippen MR) is 68.3 cm³/mol. The number of hydrogen-bond donors (Lipinski definition) is 3. The average Bonchev–Trinajstić information content (AvgIpc) is 2.41. The number of piperidine rings is 1. The Hall–Kier alpha value is -2.64. The molecule has 0 saturated carbocycles. The van der Waals surface area contributed by atoms with E-state index < -0.39 is 28.3 Å². The summed E-state index contributed by atoms with van der Waals surface area (Å²) in [6, 6.07) is 2.97. The molecule has 0 radical (unpaired) electrons. The monoisotopic (exact) mass is 279 g/mol. The lowest BCUT2D eigenvalue weighted by Crippen LogP contribution is -2.50. The Kier molecular flexibility index (Phi) is 3.83. The Morgan fingerprint density at radius 1 is 1.50 bits per heavy atom. The number of phenolic OH excluding ortho intramolecular Hbond substituents is 1. The normalized spacial score (nSPS) is 18.2. The Morgan fingerprint density at radius 2 is 2.25 bits per heavy atom. The number of amides is 2. The molecule has 1 heterocycles. The Morgan fingerprint density at radius 3 is 2.90 bits per heavy atom. The van der Waals surface area contributed by atoms with Crippen molar-refractivity contribution in [2.45, 2.75) is 18.9 Å². The standard InChI is InChI=1S/C12H13N3O5/c16-10-7(3-1-5-9(10)15(19)20)11(17)14-8-4-2-6-13-12(8)18/h1,3,5,8,16H,2,4,6H2,(H,13,18)(H,14,17). The second kappa shape index (κ2) is 5.55. The fraction of sp³-hybridized carbons (Fsp3) is 0.333. The van der Waals surface area contributed by atoms with Gasteiger partial charge in [0.15, 0.2) is 0 Å². The summed E-state index contributed by atoms with van der Waals surface area (Å²) in [7, 11) is 0. The van der Waals surface area contributed by atoms with Gasteiger partial charge in [-0.15, -0.1) is 0 Å². The lowest BCUT2D eigenvalue weighted by Gasteiger charge is -2.22. The first-order chi connectivity index (χ1) is 9.50. The van der Waals surface area contributed by atoms with Gasteiger partial charge in [0.25, 0.3) is 5.91 Å². The topological polar surface area (TPSA) is 122 Å². The maximum absolute atomic E-state index is 12.0. The highest BCUT2D eigenvalue weighted by molar-refractivity contribution is 6.00. The summed E-state index contributed by atoms with van der Waals surface area (Å²) in [5.74, 6) is -1.71. The number of nitrogens with one attached hydrogen (secondary N) is 2. The van der Waals surface area contributed by atoms with Crippen LogP contribution < -0.4 is 10.6 Å². The van der Waals surface area contributed by atoms with Gasteiger partial charge >= 0.3 is 5.69 Å². The number of hydrogen-bond acceptors (Lipinski definition) is 5. The molecule has 1 fully saturated rings. The maximum Gasteiger partial charge on any atom is 0.311 e. The number of carbonyl (C=O) groups is 2. The van der Waals surface area contributed by atoms with Crippen molar-refractivity contribution in [3.8, 4) is 5.75 Å². The van der Waals surface area contributed by atoms with Gasteiger partial charge < -0.3 is 15.7 Å². The third-order valence-corrected chi connectivity index (χ3v) is 3.05. The highest BCUT2D eigenvalue weighted by atomic mass is 16.6. The number of nitrogens with zero attached hydrogens (tertiary/aromatic N) is 1. The Balaban J connectivity index is 2.19. The minimum absolute atomic E-state index is 0.224. The summed E-state index contributed by atoms with van der Waals surface area (Å²) < 4.78 is 0. The van der Waals surface area contributed by atoms with Crippen molar-refractivity contribution in [3.63, 3.8) is 0 Å². The Labute approximate surface area is 113 Å². The highest BCUT2D eigenvalue weighted by Crippen LogP contribution is 2.29. The fourth-order valence-electron chi connectivity index (χ4n) is 2.01. The van der Waals surface area contributed by atoms with Crippen LogP contribution in [-0.2, 0) is 4.79 Å². The van der Waals surface area contributed by atoms with Crippen LogP contribution in [0.25, 0.3) is 0 Å². The first-order valence-electron chi connectivity index (χ1n) is 6.05. The van der Waals surface area contributed by atoms with Crippen LogP contribution in [0.4, 0.5) is 5.69 Å². The van der Waals surface area contributed by atoms with Gasteiger partial charge in [-0.05, 0) is 18.9 Å². The van der Waals surface area contributed by atoms with Crippen molar-refractivity contribution in [3.05, 3.63) is 33.9 Å². The quantitative estimate of drug-likeness (QED) is 0.543. The number of benzene rings is 1. The van der Waals surface area contributed by atoms with E-state index in [1.54, 1.807) is 0 Å². The number of phenols is 1. The predicted octanol–water partition coefficient (Wildman–Crippen LogP) is 0.309. The van der Waals surface area contributed by atoms with Crippen molar-refractivity contribution in [2.24, 2.45) is 0 Å². The minimum Gasteiger partial charge on any atom is -0.502 e. The molecule has 106 valence electrons. The van der Waals surface area contributed by atoms with E-state index in [9.17, 15) is 24.8 Å². The molecule has 8 heteroatoms. The van der Waals surface area contributed by atoms with Gasteiger partial charge in [0, 0.05) is 12.6 Å². The minimum atomic E-state index is -0.778. The van der Waals surface area contributed by atoms with E-state index in [0.29, 0.717) is 13.0 Å². The molecule has 1 aliphatic rings. The second-order valence-corrected chi connectivity index (χ2v) is 4.39. The van der Waals surface area contributed by atoms with E-state index in [1.165, 1.54) is 12.1 Å². The van der Waals surface area contributed by atoms with Crippen LogP contribution in [0.1, 0.15) is 23.2 Å². The van der Waals surface area contributed by atoms with E-state index in [-0.39, 0.29) is 11.5 Å². The molecule has 3 N–H and O–H groups in total. The maximum atomic E-state index is 12.0. The lowest BCUT2D eigenvalue weighted by atomic mass is 10.1. The molecule has 20 heavy (non-hydrogen) atoms. The van der Waals surface area contributed by atoms with Gasteiger partial charge in [-0.2, -0.15) is 0 Å². The molecule has 8 nitrogen and oxygen atoms in total. The zero-order chi connectivity index (χ0) is 14.7. The molecule has 1 saturated heterocycles. The van der Waals surface area contributed by atoms with Gasteiger partial charge in [-0.25, -0.2) is 0 Å².